The van der Waals surface area contributed by atoms with Crippen molar-refractivity contribution >= 4 is 27.3 Å². The number of amides is 1. The van der Waals surface area contributed by atoms with Crippen molar-refractivity contribution in [3.8, 4) is 5.75 Å². The van der Waals surface area contributed by atoms with Crippen molar-refractivity contribution in [2.45, 2.75) is 30.6 Å². The van der Waals surface area contributed by atoms with Crippen molar-refractivity contribution in [2.24, 2.45) is 0 Å². The normalized spacial score (nSPS) is 21.4. The zero-order valence-corrected chi connectivity index (χ0v) is 18.7. The second-order valence-electron chi connectivity index (χ2n) is 8.40. The Kier molecular flexibility index (Phi) is 4.94. The van der Waals surface area contributed by atoms with E-state index in [1.807, 2.05) is 36.1 Å². The molecular formula is C23H27N3O4S. The maximum Gasteiger partial charge on any atom is 0.243 e. The van der Waals surface area contributed by atoms with Gasteiger partial charge in [-0.05, 0) is 55.2 Å². The standard InChI is InChI=1S/C23H27N3O4S/c1-16-19-15-18(14-17-6-5-9-26(22(17)19)23(16)27)31(28,29)25-12-10-24(11-13-25)20-7-3-4-8-21(20)30-2/h3-4,7-8,14-16H,5-6,9-13H2,1-2H3. The van der Waals surface area contributed by atoms with Crippen LogP contribution in [0.4, 0.5) is 11.4 Å². The Labute approximate surface area is 183 Å². The zero-order chi connectivity index (χ0) is 21.8. The van der Waals surface area contributed by atoms with E-state index in [1.165, 1.54) is 0 Å². The molecule has 0 saturated carbocycles. The van der Waals surface area contributed by atoms with Crippen molar-refractivity contribution in [2.75, 3.05) is 49.6 Å². The number of rotatable bonds is 4. The fourth-order valence-corrected chi connectivity index (χ4v) is 6.53. The fourth-order valence-electron chi connectivity index (χ4n) is 5.02. The summed E-state index contributed by atoms with van der Waals surface area (Å²) >= 11 is 0. The third kappa shape index (κ3) is 3.20. The van der Waals surface area contributed by atoms with E-state index in [4.69, 9.17) is 4.74 Å². The number of hydrogen-bond donors (Lipinski definition) is 0. The van der Waals surface area contributed by atoms with Crippen LogP contribution < -0.4 is 14.5 Å². The summed E-state index contributed by atoms with van der Waals surface area (Å²) in [4.78, 5) is 16.9. The van der Waals surface area contributed by atoms with Crippen LogP contribution in [-0.2, 0) is 21.2 Å². The van der Waals surface area contributed by atoms with Crippen molar-refractivity contribution < 1.29 is 17.9 Å². The Morgan fingerprint density at radius 3 is 2.52 bits per heavy atom. The number of nitrogens with zero attached hydrogens (tertiary/aromatic N) is 3. The molecular weight excluding hydrogens is 414 g/mol. The van der Waals surface area contributed by atoms with Gasteiger partial charge in [-0.25, -0.2) is 8.42 Å². The van der Waals surface area contributed by atoms with Crippen LogP contribution in [0.5, 0.6) is 5.75 Å². The molecule has 3 aliphatic heterocycles. The van der Waals surface area contributed by atoms with Crippen LogP contribution >= 0.6 is 0 Å². The van der Waals surface area contributed by atoms with Crippen LogP contribution in [0.3, 0.4) is 0 Å². The number of aryl methyl sites for hydroxylation is 1. The molecule has 2 aromatic carbocycles. The van der Waals surface area contributed by atoms with Crippen molar-refractivity contribution in [3.05, 3.63) is 47.5 Å². The molecule has 1 atom stereocenters. The summed E-state index contributed by atoms with van der Waals surface area (Å²) in [7, 11) is -1.98. The summed E-state index contributed by atoms with van der Waals surface area (Å²) in [5.74, 6) is 0.583. The van der Waals surface area contributed by atoms with Crippen LogP contribution in [0.15, 0.2) is 41.3 Å². The molecule has 0 bridgehead atoms. The number of anilines is 2. The highest BCUT2D eigenvalue weighted by molar-refractivity contribution is 7.89. The van der Waals surface area contributed by atoms with Gasteiger partial charge >= 0.3 is 0 Å². The molecule has 1 fully saturated rings. The van der Waals surface area contributed by atoms with E-state index in [2.05, 4.69) is 4.90 Å². The summed E-state index contributed by atoms with van der Waals surface area (Å²) < 4.78 is 34.0. The van der Waals surface area contributed by atoms with Gasteiger partial charge in [-0.2, -0.15) is 4.31 Å². The maximum atomic E-state index is 13.5. The fraction of sp³-hybridized carbons (Fsp3) is 0.435. The number of ether oxygens (including phenoxy) is 1. The number of carbonyl (C=O) groups excluding carboxylic acids is 1. The first-order chi connectivity index (χ1) is 14.9. The summed E-state index contributed by atoms with van der Waals surface area (Å²) in [5, 5.41) is 0. The molecule has 7 nitrogen and oxygen atoms in total. The molecule has 8 heteroatoms. The lowest BCUT2D eigenvalue weighted by atomic mass is 9.97. The third-order valence-corrected chi connectivity index (χ3v) is 8.57. The van der Waals surface area contributed by atoms with Crippen LogP contribution in [-0.4, -0.2) is 58.5 Å². The van der Waals surface area contributed by atoms with E-state index in [-0.39, 0.29) is 11.8 Å². The van der Waals surface area contributed by atoms with Gasteiger partial charge in [-0.1, -0.05) is 12.1 Å². The Hall–Kier alpha value is -2.58. The Balaban J connectivity index is 1.41. The number of hydrogen-bond acceptors (Lipinski definition) is 5. The van der Waals surface area contributed by atoms with E-state index >= 15 is 0 Å². The van der Waals surface area contributed by atoms with Crippen LogP contribution in [0, 0.1) is 0 Å². The number of piperazine rings is 1. The minimum atomic E-state index is -3.63. The zero-order valence-electron chi connectivity index (χ0n) is 17.9. The quantitative estimate of drug-likeness (QED) is 0.730. The molecule has 1 amide bonds. The summed E-state index contributed by atoms with van der Waals surface area (Å²) in [5.41, 5.74) is 3.77. The third-order valence-electron chi connectivity index (χ3n) is 6.69. The topological polar surface area (TPSA) is 70.2 Å². The second-order valence-corrected chi connectivity index (χ2v) is 10.3. The number of benzene rings is 2. The number of sulfonamides is 1. The molecule has 0 aromatic heterocycles. The molecule has 1 saturated heterocycles. The SMILES string of the molecule is COc1ccccc1N1CCN(S(=O)(=O)c2cc3c4c(c2)C(C)C(=O)N4CCC3)CC1. The molecule has 3 aliphatic rings. The Bertz CT molecular complexity index is 1140. The lowest BCUT2D eigenvalue weighted by Gasteiger charge is -2.36. The highest BCUT2D eigenvalue weighted by atomic mass is 32.2. The number of carbonyl (C=O) groups is 1. The van der Waals surface area contributed by atoms with E-state index in [0.717, 1.165) is 47.6 Å². The van der Waals surface area contributed by atoms with E-state index < -0.39 is 10.0 Å². The van der Waals surface area contributed by atoms with E-state index in [0.29, 0.717) is 31.1 Å². The van der Waals surface area contributed by atoms with Crippen LogP contribution in [0.1, 0.15) is 30.4 Å². The maximum absolute atomic E-state index is 13.5. The molecule has 0 N–H and O–H groups in total. The van der Waals surface area contributed by atoms with Crippen LogP contribution in [0.25, 0.3) is 0 Å². The van der Waals surface area contributed by atoms with Gasteiger partial charge in [0, 0.05) is 32.7 Å². The monoisotopic (exact) mass is 441 g/mol. The van der Waals surface area contributed by atoms with Crippen LogP contribution in [0.2, 0.25) is 0 Å². The lowest BCUT2D eigenvalue weighted by Crippen LogP contribution is -2.48. The summed E-state index contributed by atoms with van der Waals surface area (Å²) in [6.45, 7) is 4.61. The van der Waals surface area contributed by atoms with Gasteiger partial charge in [-0.15, -0.1) is 0 Å². The van der Waals surface area contributed by atoms with Gasteiger partial charge < -0.3 is 14.5 Å². The van der Waals surface area contributed by atoms with Gasteiger partial charge in [0.05, 0.1) is 29.3 Å². The number of para-hydroxylation sites is 2. The summed E-state index contributed by atoms with van der Waals surface area (Å²) in [6.07, 6.45) is 1.68. The van der Waals surface area contributed by atoms with Crippen molar-refractivity contribution in [3.63, 3.8) is 0 Å². The average Bonchev–Trinajstić information content (AvgIpc) is 3.05. The molecule has 5 rings (SSSR count). The molecule has 0 radical (unpaired) electrons. The van der Waals surface area contributed by atoms with E-state index in [9.17, 15) is 13.2 Å². The first-order valence-corrected chi connectivity index (χ1v) is 12.2. The predicted octanol–water partition coefficient (Wildman–Crippen LogP) is 2.60. The highest BCUT2D eigenvalue weighted by Gasteiger charge is 2.40. The average molecular weight is 442 g/mol. The lowest BCUT2D eigenvalue weighted by molar-refractivity contribution is -0.119. The first-order valence-electron chi connectivity index (χ1n) is 10.8. The smallest absolute Gasteiger partial charge is 0.243 e. The number of methoxy groups -OCH3 is 1. The molecule has 0 aliphatic carbocycles. The molecule has 31 heavy (non-hydrogen) atoms. The molecule has 164 valence electrons. The molecule has 2 aromatic rings. The van der Waals surface area contributed by atoms with E-state index in [1.54, 1.807) is 23.5 Å². The largest absolute Gasteiger partial charge is 0.495 e. The Morgan fingerprint density at radius 2 is 1.77 bits per heavy atom. The predicted molar refractivity (Wildman–Crippen MR) is 119 cm³/mol. The molecule has 3 heterocycles. The molecule has 0 spiro atoms. The first kappa shape index (κ1) is 20.3. The van der Waals surface area contributed by atoms with Crippen molar-refractivity contribution in [1.82, 2.24) is 4.31 Å². The highest BCUT2D eigenvalue weighted by Crippen LogP contribution is 2.44. The van der Waals surface area contributed by atoms with Gasteiger partial charge in [0.1, 0.15) is 5.75 Å². The minimum absolute atomic E-state index is 0.0796. The van der Waals surface area contributed by atoms with Crippen molar-refractivity contribution in [1.29, 1.82) is 0 Å². The summed E-state index contributed by atoms with van der Waals surface area (Å²) in [6, 6.07) is 11.3. The molecule has 1 unspecified atom stereocenters. The Morgan fingerprint density at radius 1 is 1.03 bits per heavy atom. The van der Waals surface area contributed by atoms with Gasteiger partial charge in [0.25, 0.3) is 0 Å². The van der Waals surface area contributed by atoms with Gasteiger partial charge in [0.2, 0.25) is 15.9 Å². The minimum Gasteiger partial charge on any atom is -0.495 e. The van der Waals surface area contributed by atoms with Gasteiger partial charge in [-0.3, -0.25) is 4.79 Å². The second kappa shape index (κ2) is 7.53. The van der Waals surface area contributed by atoms with Gasteiger partial charge in [0.15, 0.2) is 0 Å².